The van der Waals surface area contributed by atoms with Crippen LogP contribution in [0, 0.1) is 0 Å². The number of carbonyl (C=O) groups excluding carboxylic acids is 1. The lowest BCUT2D eigenvalue weighted by Gasteiger charge is -2.34. The van der Waals surface area contributed by atoms with Gasteiger partial charge in [0, 0.05) is 31.6 Å². The lowest BCUT2D eigenvalue weighted by molar-refractivity contribution is -0.133. The SMILES string of the molecule is CC(C)(C)c1nnnn1CC(=O)N1CCN(S(=O)(=O)c2ccc3c(c2)CCC3)CC1. The molecule has 1 aromatic heterocycles. The van der Waals surface area contributed by atoms with Crippen molar-refractivity contribution in [2.75, 3.05) is 26.2 Å². The van der Waals surface area contributed by atoms with Crippen LogP contribution in [0.5, 0.6) is 0 Å². The molecule has 4 rings (SSSR count). The molecule has 1 aliphatic heterocycles. The molecule has 0 radical (unpaired) electrons. The lowest BCUT2D eigenvalue weighted by atomic mass is 9.96. The number of rotatable bonds is 4. The Labute approximate surface area is 177 Å². The molecular weight excluding hydrogens is 404 g/mol. The van der Waals surface area contributed by atoms with Gasteiger partial charge in [-0.2, -0.15) is 4.31 Å². The summed E-state index contributed by atoms with van der Waals surface area (Å²) in [5.74, 6) is 0.538. The number of aryl methyl sites for hydroxylation is 2. The smallest absolute Gasteiger partial charge is 0.244 e. The molecule has 0 N–H and O–H groups in total. The van der Waals surface area contributed by atoms with Crippen LogP contribution < -0.4 is 0 Å². The van der Waals surface area contributed by atoms with Crippen LogP contribution >= 0.6 is 0 Å². The molecule has 9 nitrogen and oxygen atoms in total. The van der Waals surface area contributed by atoms with Crippen molar-refractivity contribution in [1.29, 1.82) is 0 Å². The summed E-state index contributed by atoms with van der Waals surface area (Å²) >= 11 is 0. The zero-order chi connectivity index (χ0) is 21.5. The van der Waals surface area contributed by atoms with Crippen LogP contribution in [-0.4, -0.2) is 69.9 Å². The molecule has 0 spiro atoms. The maximum Gasteiger partial charge on any atom is 0.244 e. The van der Waals surface area contributed by atoms with Gasteiger partial charge in [0.05, 0.1) is 4.90 Å². The normalized spacial score (nSPS) is 17.9. The molecule has 1 saturated heterocycles. The molecule has 1 aromatic carbocycles. The van der Waals surface area contributed by atoms with Crippen molar-refractivity contribution in [3.05, 3.63) is 35.2 Å². The first-order valence-electron chi connectivity index (χ1n) is 10.3. The summed E-state index contributed by atoms with van der Waals surface area (Å²) in [7, 11) is -3.55. The molecule has 0 unspecified atom stereocenters. The van der Waals surface area contributed by atoms with Gasteiger partial charge in [0.15, 0.2) is 5.82 Å². The molecule has 2 heterocycles. The monoisotopic (exact) mass is 432 g/mol. The number of aromatic nitrogens is 4. The molecular formula is C20H28N6O3S. The van der Waals surface area contributed by atoms with Gasteiger partial charge in [0.25, 0.3) is 0 Å². The fraction of sp³-hybridized carbons (Fsp3) is 0.600. The number of nitrogens with zero attached hydrogens (tertiary/aromatic N) is 6. The summed E-state index contributed by atoms with van der Waals surface area (Å²) < 4.78 is 29.1. The lowest BCUT2D eigenvalue weighted by Crippen LogP contribution is -2.51. The molecule has 0 bridgehead atoms. The summed E-state index contributed by atoms with van der Waals surface area (Å²) in [4.78, 5) is 14.8. The highest BCUT2D eigenvalue weighted by Crippen LogP contribution is 2.27. The molecule has 0 saturated carbocycles. The first-order chi connectivity index (χ1) is 14.2. The number of amides is 1. The van der Waals surface area contributed by atoms with Crippen LogP contribution in [0.4, 0.5) is 0 Å². The Balaban J connectivity index is 1.40. The van der Waals surface area contributed by atoms with E-state index in [-0.39, 0.29) is 31.0 Å². The topological polar surface area (TPSA) is 101 Å². The van der Waals surface area contributed by atoms with Gasteiger partial charge >= 0.3 is 0 Å². The van der Waals surface area contributed by atoms with Crippen LogP contribution in [0.15, 0.2) is 23.1 Å². The van der Waals surface area contributed by atoms with Crippen molar-refractivity contribution in [1.82, 2.24) is 29.4 Å². The quantitative estimate of drug-likeness (QED) is 0.714. The van der Waals surface area contributed by atoms with E-state index in [1.807, 2.05) is 32.9 Å². The van der Waals surface area contributed by atoms with E-state index in [4.69, 9.17) is 0 Å². The van der Waals surface area contributed by atoms with Gasteiger partial charge in [-0.3, -0.25) is 4.79 Å². The number of fused-ring (bicyclic) bond motifs is 1. The van der Waals surface area contributed by atoms with Gasteiger partial charge in [0.1, 0.15) is 6.54 Å². The highest BCUT2D eigenvalue weighted by atomic mass is 32.2. The Morgan fingerprint density at radius 1 is 1.07 bits per heavy atom. The minimum absolute atomic E-state index is 0.0528. The molecule has 1 amide bonds. The third-order valence-corrected chi connectivity index (χ3v) is 7.68. The maximum absolute atomic E-state index is 13.1. The number of sulfonamides is 1. The second-order valence-corrected chi connectivity index (χ2v) is 10.9. The van der Waals surface area contributed by atoms with Crippen molar-refractivity contribution in [2.24, 2.45) is 0 Å². The average Bonchev–Trinajstić information content (AvgIpc) is 3.36. The second kappa shape index (κ2) is 7.73. The van der Waals surface area contributed by atoms with E-state index < -0.39 is 10.0 Å². The minimum Gasteiger partial charge on any atom is -0.338 e. The van der Waals surface area contributed by atoms with Gasteiger partial charge < -0.3 is 4.90 Å². The summed E-state index contributed by atoms with van der Waals surface area (Å²) in [6.45, 7) is 7.30. The number of piperazine rings is 1. The van der Waals surface area contributed by atoms with E-state index in [0.717, 1.165) is 24.8 Å². The van der Waals surface area contributed by atoms with E-state index >= 15 is 0 Å². The zero-order valence-electron chi connectivity index (χ0n) is 17.7. The summed E-state index contributed by atoms with van der Waals surface area (Å²) in [5, 5.41) is 11.7. The Morgan fingerprint density at radius 3 is 2.47 bits per heavy atom. The molecule has 10 heteroatoms. The predicted octanol–water partition coefficient (Wildman–Crippen LogP) is 0.992. The third-order valence-electron chi connectivity index (χ3n) is 5.79. The van der Waals surface area contributed by atoms with E-state index in [9.17, 15) is 13.2 Å². The van der Waals surface area contributed by atoms with Crippen LogP contribution in [0.25, 0.3) is 0 Å². The van der Waals surface area contributed by atoms with Gasteiger partial charge in [-0.15, -0.1) is 5.10 Å². The molecule has 1 fully saturated rings. The van der Waals surface area contributed by atoms with E-state index in [1.54, 1.807) is 11.0 Å². The van der Waals surface area contributed by atoms with Crippen molar-refractivity contribution in [2.45, 2.75) is 56.9 Å². The Morgan fingerprint density at radius 2 is 1.77 bits per heavy atom. The summed E-state index contributed by atoms with van der Waals surface area (Å²) in [6.07, 6.45) is 3.04. The highest BCUT2D eigenvalue weighted by molar-refractivity contribution is 7.89. The third kappa shape index (κ3) is 3.98. The first kappa shape index (κ1) is 20.9. The number of benzene rings is 1. The van der Waals surface area contributed by atoms with Crippen molar-refractivity contribution < 1.29 is 13.2 Å². The molecule has 0 atom stereocenters. The second-order valence-electron chi connectivity index (χ2n) is 8.98. The Hall–Kier alpha value is -2.33. The standard InChI is InChI=1S/C20H28N6O3S/c1-20(2,3)19-21-22-23-26(19)14-18(27)24-9-11-25(12-10-24)30(28,29)17-8-7-15-5-4-6-16(15)13-17/h7-8,13H,4-6,9-12,14H2,1-3H3. The number of tetrazole rings is 1. The molecule has 162 valence electrons. The number of hydrogen-bond donors (Lipinski definition) is 0. The average molecular weight is 433 g/mol. The Kier molecular flexibility index (Phi) is 5.39. The predicted molar refractivity (Wildman–Crippen MR) is 110 cm³/mol. The van der Waals surface area contributed by atoms with Crippen molar-refractivity contribution >= 4 is 15.9 Å². The number of hydrogen-bond acceptors (Lipinski definition) is 6. The first-order valence-corrected chi connectivity index (χ1v) is 11.8. The van der Waals surface area contributed by atoms with Crippen molar-refractivity contribution in [3.8, 4) is 0 Å². The summed E-state index contributed by atoms with van der Waals surface area (Å²) in [6, 6.07) is 5.47. The van der Waals surface area contributed by atoms with Crippen LogP contribution in [0.1, 0.15) is 44.1 Å². The molecule has 1 aliphatic carbocycles. The molecule has 30 heavy (non-hydrogen) atoms. The van der Waals surface area contributed by atoms with Gasteiger partial charge in [-0.25, -0.2) is 13.1 Å². The summed E-state index contributed by atoms with van der Waals surface area (Å²) in [5.41, 5.74) is 2.12. The van der Waals surface area contributed by atoms with Gasteiger partial charge in [-0.05, 0) is 52.9 Å². The van der Waals surface area contributed by atoms with E-state index in [0.29, 0.717) is 23.8 Å². The van der Waals surface area contributed by atoms with Crippen LogP contribution in [-0.2, 0) is 39.6 Å². The van der Waals surface area contributed by atoms with Crippen LogP contribution in [0.3, 0.4) is 0 Å². The Bertz CT molecular complexity index is 1050. The van der Waals surface area contributed by atoms with E-state index in [2.05, 4.69) is 15.5 Å². The van der Waals surface area contributed by atoms with Gasteiger partial charge in [0.2, 0.25) is 15.9 Å². The highest BCUT2D eigenvalue weighted by Gasteiger charge is 2.31. The number of carbonyl (C=O) groups is 1. The van der Waals surface area contributed by atoms with E-state index in [1.165, 1.54) is 14.6 Å². The fourth-order valence-electron chi connectivity index (χ4n) is 4.11. The minimum atomic E-state index is -3.55. The zero-order valence-corrected chi connectivity index (χ0v) is 18.5. The van der Waals surface area contributed by atoms with Gasteiger partial charge in [-0.1, -0.05) is 26.8 Å². The largest absolute Gasteiger partial charge is 0.338 e. The van der Waals surface area contributed by atoms with Crippen molar-refractivity contribution in [3.63, 3.8) is 0 Å². The molecule has 2 aromatic rings. The fourth-order valence-corrected chi connectivity index (χ4v) is 5.59. The van der Waals surface area contributed by atoms with Crippen LogP contribution in [0.2, 0.25) is 0 Å². The molecule has 2 aliphatic rings. The maximum atomic E-state index is 13.1.